The number of amides is 1. The Kier molecular flexibility index (Phi) is 5.31. The van der Waals surface area contributed by atoms with Crippen molar-refractivity contribution < 1.29 is 9.90 Å². The zero-order valence-electron chi connectivity index (χ0n) is 9.95. The van der Waals surface area contributed by atoms with Crippen molar-refractivity contribution >= 4 is 5.91 Å². The Balaban J connectivity index is 4.73. The predicted octanol–water partition coefficient (Wildman–Crippen LogP) is 1.16. The number of rotatable bonds is 5. The van der Waals surface area contributed by atoms with Gasteiger partial charge < -0.3 is 10.0 Å². The van der Waals surface area contributed by atoms with Gasteiger partial charge in [0.15, 0.2) is 0 Å². The summed E-state index contributed by atoms with van der Waals surface area (Å²) in [6, 6.07) is 2.10. The number of carbonyl (C=O) groups excluding carboxylic acids is 1. The molecule has 1 unspecified atom stereocenters. The van der Waals surface area contributed by atoms with E-state index in [2.05, 4.69) is 6.07 Å². The van der Waals surface area contributed by atoms with Crippen molar-refractivity contribution in [2.24, 2.45) is 5.41 Å². The number of carbonyl (C=O) groups is 1. The molecule has 0 saturated carbocycles. The fourth-order valence-electron chi connectivity index (χ4n) is 1.60. The molecule has 0 aliphatic rings. The van der Waals surface area contributed by atoms with Crippen molar-refractivity contribution in [2.45, 2.75) is 39.7 Å². The Morgan fingerprint density at radius 1 is 1.53 bits per heavy atom. The van der Waals surface area contributed by atoms with Crippen LogP contribution in [0.15, 0.2) is 0 Å². The highest BCUT2D eigenvalue weighted by molar-refractivity contribution is 5.85. The van der Waals surface area contributed by atoms with Gasteiger partial charge >= 0.3 is 0 Å². The Labute approximate surface area is 91.5 Å². The molecule has 0 aromatic heterocycles. The molecule has 4 nitrogen and oxygen atoms in total. The zero-order valence-corrected chi connectivity index (χ0v) is 9.95. The maximum absolute atomic E-state index is 12.0. The van der Waals surface area contributed by atoms with Gasteiger partial charge in [0.05, 0.1) is 12.2 Å². The molecule has 0 saturated heterocycles. The summed E-state index contributed by atoms with van der Waals surface area (Å²) in [5, 5.41) is 18.2. The fraction of sp³-hybridized carbons (Fsp3) is 0.818. The van der Waals surface area contributed by atoms with Gasteiger partial charge in [-0.3, -0.25) is 4.79 Å². The van der Waals surface area contributed by atoms with Gasteiger partial charge in [-0.05, 0) is 19.8 Å². The van der Waals surface area contributed by atoms with Crippen molar-refractivity contribution in [1.82, 2.24) is 4.90 Å². The van der Waals surface area contributed by atoms with Crippen LogP contribution >= 0.6 is 0 Å². The van der Waals surface area contributed by atoms with Crippen LogP contribution in [0.2, 0.25) is 0 Å². The summed E-state index contributed by atoms with van der Waals surface area (Å²) < 4.78 is 0. The SMILES string of the molecule is CCC(C#N)(CC)C(=O)N(C)CC(C)O. The molecule has 0 radical (unpaired) electrons. The number of likely N-dealkylation sites (N-methyl/N-ethyl adjacent to an activating group) is 1. The lowest BCUT2D eigenvalue weighted by atomic mass is 9.82. The maximum Gasteiger partial charge on any atom is 0.242 e. The largest absolute Gasteiger partial charge is 0.392 e. The second kappa shape index (κ2) is 5.72. The third-order valence-electron chi connectivity index (χ3n) is 2.72. The molecular weight excluding hydrogens is 192 g/mol. The number of aliphatic hydroxyl groups excluding tert-OH is 1. The highest BCUT2D eigenvalue weighted by atomic mass is 16.3. The summed E-state index contributed by atoms with van der Waals surface area (Å²) in [6.07, 6.45) is 0.440. The average molecular weight is 212 g/mol. The Morgan fingerprint density at radius 3 is 2.27 bits per heavy atom. The lowest BCUT2D eigenvalue weighted by Crippen LogP contribution is -2.43. The minimum Gasteiger partial charge on any atom is -0.392 e. The van der Waals surface area contributed by atoms with E-state index in [1.54, 1.807) is 14.0 Å². The topological polar surface area (TPSA) is 64.3 Å². The quantitative estimate of drug-likeness (QED) is 0.743. The van der Waals surface area contributed by atoms with Crippen LogP contribution in [0, 0.1) is 16.7 Å². The molecular formula is C11H20N2O2. The molecule has 4 heteroatoms. The summed E-state index contributed by atoms with van der Waals surface area (Å²) in [5.41, 5.74) is -0.927. The normalized spacial score (nSPS) is 13.1. The Morgan fingerprint density at radius 2 is 2.00 bits per heavy atom. The Hall–Kier alpha value is -1.08. The van der Waals surface area contributed by atoms with Crippen LogP contribution < -0.4 is 0 Å². The number of hydrogen-bond donors (Lipinski definition) is 1. The summed E-state index contributed by atoms with van der Waals surface area (Å²) in [4.78, 5) is 13.4. The fourth-order valence-corrected chi connectivity index (χ4v) is 1.60. The van der Waals surface area contributed by atoms with Crippen molar-refractivity contribution in [3.8, 4) is 6.07 Å². The van der Waals surface area contributed by atoms with Gasteiger partial charge in [0.1, 0.15) is 5.41 Å². The highest BCUT2D eigenvalue weighted by Gasteiger charge is 2.37. The monoisotopic (exact) mass is 212 g/mol. The van der Waals surface area contributed by atoms with Crippen LogP contribution in [0.3, 0.4) is 0 Å². The number of nitrogens with zero attached hydrogens (tertiary/aromatic N) is 2. The predicted molar refractivity (Wildman–Crippen MR) is 57.9 cm³/mol. The molecule has 0 spiro atoms. The van der Waals surface area contributed by atoms with E-state index in [1.807, 2.05) is 13.8 Å². The molecule has 0 rings (SSSR count). The molecule has 0 aliphatic carbocycles. The second-order valence-electron chi connectivity index (χ2n) is 3.94. The molecule has 0 aliphatic heterocycles. The summed E-state index contributed by atoms with van der Waals surface area (Å²) in [5.74, 6) is -0.198. The highest BCUT2D eigenvalue weighted by Crippen LogP contribution is 2.27. The first-order valence-electron chi connectivity index (χ1n) is 5.28. The smallest absolute Gasteiger partial charge is 0.242 e. The molecule has 1 atom stereocenters. The lowest BCUT2D eigenvalue weighted by Gasteiger charge is -2.29. The number of aliphatic hydroxyl groups is 1. The molecule has 1 amide bonds. The average Bonchev–Trinajstić information content (AvgIpc) is 2.20. The summed E-state index contributed by atoms with van der Waals surface area (Å²) >= 11 is 0. The summed E-state index contributed by atoms with van der Waals surface area (Å²) in [7, 11) is 1.62. The summed E-state index contributed by atoms with van der Waals surface area (Å²) in [6.45, 7) is 5.56. The molecule has 0 bridgehead atoms. The third kappa shape index (κ3) is 3.21. The van der Waals surface area contributed by atoms with Gasteiger partial charge in [-0.1, -0.05) is 13.8 Å². The van der Waals surface area contributed by atoms with Gasteiger partial charge in [0.2, 0.25) is 5.91 Å². The van der Waals surface area contributed by atoms with E-state index in [4.69, 9.17) is 5.26 Å². The van der Waals surface area contributed by atoms with Crippen LogP contribution in [-0.4, -0.2) is 35.6 Å². The number of nitriles is 1. The standard InChI is InChI=1S/C11H20N2O2/c1-5-11(6-2,8-12)10(15)13(4)7-9(3)14/h9,14H,5-7H2,1-4H3. The first-order valence-corrected chi connectivity index (χ1v) is 5.28. The molecule has 0 aromatic carbocycles. The van der Waals surface area contributed by atoms with E-state index < -0.39 is 11.5 Å². The van der Waals surface area contributed by atoms with Crippen molar-refractivity contribution in [3.63, 3.8) is 0 Å². The van der Waals surface area contributed by atoms with E-state index in [9.17, 15) is 9.90 Å². The van der Waals surface area contributed by atoms with Crippen LogP contribution in [0.1, 0.15) is 33.6 Å². The van der Waals surface area contributed by atoms with Crippen molar-refractivity contribution in [1.29, 1.82) is 5.26 Å². The molecule has 1 N–H and O–H groups in total. The molecule has 0 fully saturated rings. The molecule has 86 valence electrons. The minimum absolute atomic E-state index is 0.198. The van der Waals surface area contributed by atoms with Crippen molar-refractivity contribution in [2.75, 3.05) is 13.6 Å². The van der Waals surface area contributed by atoms with Crippen LogP contribution in [0.5, 0.6) is 0 Å². The third-order valence-corrected chi connectivity index (χ3v) is 2.72. The number of hydrogen-bond acceptors (Lipinski definition) is 3. The molecule has 15 heavy (non-hydrogen) atoms. The second-order valence-corrected chi connectivity index (χ2v) is 3.94. The van der Waals surface area contributed by atoms with Gasteiger partial charge in [-0.15, -0.1) is 0 Å². The maximum atomic E-state index is 12.0. The lowest BCUT2D eigenvalue weighted by molar-refractivity contribution is -0.139. The van der Waals surface area contributed by atoms with E-state index in [0.717, 1.165) is 0 Å². The molecule has 0 aromatic rings. The zero-order chi connectivity index (χ0) is 12.1. The first kappa shape index (κ1) is 13.9. The van der Waals surface area contributed by atoms with Crippen LogP contribution in [-0.2, 0) is 4.79 Å². The molecule has 0 heterocycles. The first-order chi connectivity index (χ1) is 6.93. The van der Waals surface area contributed by atoms with E-state index >= 15 is 0 Å². The van der Waals surface area contributed by atoms with E-state index in [1.165, 1.54) is 4.90 Å². The van der Waals surface area contributed by atoms with Gasteiger partial charge in [-0.25, -0.2) is 0 Å². The van der Waals surface area contributed by atoms with Gasteiger partial charge in [0.25, 0.3) is 0 Å². The van der Waals surface area contributed by atoms with Crippen molar-refractivity contribution in [3.05, 3.63) is 0 Å². The van der Waals surface area contributed by atoms with Crippen LogP contribution in [0.4, 0.5) is 0 Å². The minimum atomic E-state index is -0.927. The van der Waals surface area contributed by atoms with Gasteiger partial charge in [-0.2, -0.15) is 5.26 Å². The van der Waals surface area contributed by atoms with Gasteiger partial charge in [0, 0.05) is 13.6 Å². The van der Waals surface area contributed by atoms with E-state index in [0.29, 0.717) is 12.8 Å². The Bertz CT molecular complexity index is 252. The van der Waals surface area contributed by atoms with Crippen LogP contribution in [0.25, 0.3) is 0 Å². The van der Waals surface area contributed by atoms with E-state index in [-0.39, 0.29) is 12.5 Å².